The predicted octanol–water partition coefficient (Wildman–Crippen LogP) is 6.60. The van der Waals surface area contributed by atoms with Gasteiger partial charge in [0.05, 0.1) is 23.7 Å². The molecule has 0 radical (unpaired) electrons. The Labute approximate surface area is 208 Å². The fourth-order valence-corrected chi connectivity index (χ4v) is 9.10. The Balaban J connectivity index is 1.26. The van der Waals surface area contributed by atoms with Crippen LogP contribution in [0.15, 0.2) is 29.8 Å². The second kappa shape index (κ2) is 8.04. The molecule has 3 fully saturated rings. The van der Waals surface area contributed by atoms with Crippen molar-refractivity contribution in [2.45, 2.75) is 78.1 Å². The van der Waals surface area contributed by atoms with Crippen LogP contribution in [0.4, 0.5) is 0 Å². The maximum absolute atomic E-state index is 12.1. The molecule has 1 aromatic carbocycles. The molecule has 3 saturated carbocycles. The number of esters is 1. The van der Waals surface area contributed by atoms with E-state index in [1.165, 1.54) is 44.8 Å². The minimum absolute atomic E-state index is 0.234. The molecule has 4 aliphatic carbocycles. The van der Waals surface area contributed by atoms with Crippen LogP contribution in [0.25, 0.3) is 11.0 Å². The van der Waals surface area contributed by atoms with E-state index in [0.29, 0.717) is 28.6 Å². The van der Waals surface area contributed by atoms with Gasteiger partial charge in [0.1, 0.15) is 5.82 Å². The number of carbonyl (C=O) groups excluding carboxylic acids is 2. The lowest BCUT2D eigenvalue weighted by atomic mass is 9.46. The molecule has 5 heteroatoms. The number of hydrogen-bond donors (Lipinski definition) is 1. The number of ketones is 1. The highest BCUT2D eigenvalue weighted by Crippen LogP contribution is 2.68. The third-order valence-electron chi connectivity index (χ3n) is 11.0. The molecule has 186 valence electrons. The van der Waals surface area contributed by atoms with Crippen molar-refractivity contribution >= 4 is 22.8 Å². The summed E-state index contributed by atoms with van der Waals surface area (Å²) in [7, 11) is 1.41. The second-order valence-electron chi connectivity index (χ2n) is 12.3. The Hall–Kier alpha value is -2.43. The Kier molecular flexibility index (Phi) is 5.28. The first-order valence-electron chi connectivity index (χ1n) is 13.6. The minimum atomic E-state index is -0.319. The summed E-state index contributed by atoms with van der Waals surface area (Å²) in [5, 5.41) is 0. The lowest BCUT2D eigenvalue weighted by Gasteiger charge is -2.58. The van der Waals surface area contributed by atoms with Crippen molar-refractivity contribution in [2.75, 3.05) is 7.11 Å². The molecule has 0 bridgehead atoms. The smallest absolute Gasteiger partial charge is 0.337 e. The Morgan fingerprint density at radius 3 is 2.74 bits per heavy atom. The maximum Gasteiger partial charge on any atom is 0.337 e. The number of benzene rings is 1. The minimum Gasteiger partial charge on any atom is -0.465 e. The maximum atomic E-state index is 12.1. The molecule has 2 aromatic rings. The van der Waals surface area contributed by atoms with E-state index in [0.717, 1.165) is 53.9 Å². The van der Waals surface area contributed by atoms with Crippen LogP contribution in [0.5, 0.6) is 0 Å². The average Bonchev–Trinajstić information content (AvgIpc) is 3.44. The van der Waals surface area contributed by atoms with Gasteiger partial charge >= 0.3 is 5.97 Å². The van der Waals surface area contributed by atoms with Gasteiger partial charge in [-0.2, -0.15) is 0 Å². The van der Waals surface area contributed by atoms with Crippen molar-refractivity contribution in [1.82, 2.24) is 9.97 Å². The van der Waals surface area contributed by atoms with Gasteiger partial charge < -0.3 is 9.72 Å². The lowest BCUT2D eigenvalue weighted by molar-refractivity contribution is -0.117. The highest BCUT2D eigenvalue weighted by molar-refractivity contribution is 5.93. The monoisotopic (exact) mass is 474 g/mol. The van der Waals surface area contributed by atoms with Crippen LogP contribution in [0.2, 0.25) is 0 Å². The van der Waals surface area contributed by atoms with E-state index in [2.05, 4.69) is 25.8 Å². The summed E-state index contributed by atoms with van der Waals surface area (Å²) in [4.78, 5) is 32.6. The zero-order valence-corrected chi connectivity index (χ0v) is 21.5. The van der Waals surface area contributed by atoms with E-state index in [1.807, 2.05) is 18.2 Å². The summed E-state index contributed by atoms with van der Waals surface area (Å²) >= 11 is 0. The molecule has 0 unspecified atom stereocenters. The SMILES string of the molecule is COC(=O)c1ccc2nc([C@@H](C)[C@H]3CC[C@H]4[C@@H]5CCC6=CC(=O)CC[C@]6(C)[C@H]5CC[C@]34C)[nH]c2c1. The number of nitrogens with zero attached hydrogens (tertiary/aromatic N) is 1. The van der Waals surface area contributed by atoms with Crippen molar-refractivity contribution in [2.24, 2.45) is 34.5 Å². The summed E-state index contributed by atoms with van der Waals surface area (Å²) in [5.41, 5.74) is 4.39. The molecule has 7 atom stereocenters. The van der Waals surface area contributed by atoms with Gasteiger partial charge in [0.2, 0.25) is 0 Å². The molecule has 0 saturated heterocycles. The van der Waals surface area contributed by atoms with Gasteiger partial charge in [-0.3, -0.25) is 4.79 Å². The third-order valence-corrected chi connectivity index (χ3v) is 11.0. The fraction of sp³-hybridized carbons (Fsp3) is 0.633. The molecule has 0 aliphatic heterocycles. The highest BCUT2D eigenvalue weighted by Gasteiger charge is 2.59. The van der Waals surface area contributed by atoms with Crippen LogP contribution in [-0.2, 0) is 9.53 Å². The summed E-state index contributed by atoms with van der Waals surface area (Å²) in [6.07, 6.45) is 11.3. The number of H-pyrrole nitrogens is 1. The molecule has 1 N–H and O–H groups in total. The normalized spacial score (nSPS) is 37.3. The van der Waals surface area contributed by atoms with Crippen molar-refractivity contribution in [1.29, 1.82) is 0 Å². The number of allylic oxidation sites excluding steroid dienone is 1. The standard InChI is InChI=1S/C30H38N2O3/c1-17(27-31-25-10-5-18(28(34)35-4)15-26(25)32-27)22-8-9-23-21-7-6-19-16-20(33)11-13-29(19,2)24(21)12-14-30(22,23)3/h5,10,15-17,21-24H,6-9,11-14H2,1-4H3,(H,31,32)/t17-,21-,22+,23-,24-,29-,30+/m0/s1. The van der Waals surface area contributed by atoms with Crippen LogP contribution < -0.4 is 0 Å². The van der Waals surface area contributed by atoms with Crippen LogP contribution in [-0.4, -0.2) is 28.8 Å². The van der Waals surface area contributed by atoms with E-state index in [9.17, 15) is 9.59 Å². The van der Waals surface area contributed by atoms with Crippen molar-refractivity contribution < 1.29 is 14.3 Å². The summed E-state index contributed by atoms with van der Waals surface area (Å²) in [6, 6.07) is 5.57. The van der Waals surface area contributed by atoms with Gasteiger partial charge in [-0.25, -0.2) is 9.78 Å². The number of nitrogens with one attached hydrogen (secondary N) is 1. The molecule has 5 nitrogen and oxygen atoms in total. The molecule has 35 heavy (non-hydrogen) atoms. The lowest BCUT2D eigenvalue weighted by Crippen LogP contribution is -2.50. The Morgan fingerprint density at radius 2 is 1.94 bits per heavy atom. The first-order chi connectivity index (χ1) is 16.7. The molecule has 0 spiro atoms. The fourth-order valence-electron chi connectivity index (χ4n) is 9.10. The number of fused-ring (bicyclic) bond motifs is 6. The number of aromatic amines is 1. The largest absolute Gasteiger partial charge is 0.465 e. The first kappa shape index (κ1) is 23.0. The van der Waals surface area contributed by atoms with Gasteiger partial charge in [0, 0.05) is 12.3 Å². The van der Waals surface area contributed by atoms with E-state index in [4.69, 9.17) is 9.72 Å². The van der Waals surface area contributed by atoms with Gasteiger partial charge in [-0.1, -0.05) is 26.3 Å². The molecule has 0 amide bonds. The van der Waals surface area contributed by atoms with Gasteiger partial charge in [-0.05, 0) is 104 Å². The van der Waals surface area contributed by atoms with Crippen LogP contribution in [0.1, 0.15) is 94.2 Å². The summed E-state index contributed by atoms with van der Waals surface area (Å²) in [5.74, 6) is 4.29. The zero-order valence-electron chi connectivity index (χ0n) is 21.5. The Morgan fingerprint density at radius 1 is 1.11 bits per heavy atom. The van der Waals surface area contributed by atoms with Crippen LogP contribution in [0.3, 0.4) is 0 Å². The summed E-state index contributed by atoms with van der Waals surface area (Å²) in [6.45, 7) is 7.38. The number of aromatic nitrogens is 2. The topological polar surface area (TPSA) is 72.0 Å². The third kappa shape index (κ3) is 3.37. The van der Waals surface area contributed by atoms with Gasteiger partial charge in [-0.15, -0.1) is 0 Å². The summed E-state index contributed by atoms with van der Waals surface area (Å²) < 4.78 is 4.89. The van der Waals surface area contributed by atoms with Crippen molar-refractivity contribution in [3.8, 4) is 0 Å². The number of hydrogen-bond acceptors (Lipinski definition) is 4. The van der Waals surface area contributed by atoms with E-state index in [-0.39, 0.29) is 11.4 Å². The van der Waals surface area contributed by atoms with Crippen LogP contribution in [0, 0.1) is 34.5 Å². The number of ether oxygens (including phenoxy) is 1. The average molecular weight is 475 g/mol. The number of imidazole rings is 1. The van der Waals surface area contributed by atoms with Crippen LogP contribution >= 0.6 is 0 Å². The van der Waals surface area contributed by atoms with E-state index >= 15 is 0 Å². The quantitative estimate of drug-likeness (QED) is 0.509. The molecule has 4 aliphatic rings. The molecule has 6 rings (SSSR count). The zero-order chi connectivity index (χ0) is 24.5. The van der Waals surface area contributed by atoms with E-state index in [1.54, 1.807) is 6.07 Å². The first-order valence-corrected chi connectivity index (χ1v) is 13.6. The molecule has 1 heterocycles. The molecular weight excluding hydrogens is 436 g/mol. The highest BCUT2D eigenvalue weighted by atomic mass is 16.5. The van der Waals surface area contributed by atoms with Crippen molar-refractivity contribution in [3.63, 3.8) is 0 Å². The molecule has 1 aromatic heterocycles. The van der Waals surface area contributed by atoms with Gasteiger partial charge in [0.15, 0.2) is 5.78 Å². The second-order valence-corrected chi connectivity index (χ2v) is 12.3. The predicted molar refractivity (Wildman–Crippen MR) is 136 cm³/mol. The van der Waals surface area contributed by atoms with E-state index < -0.39 is 0 Å². The number of methoxy groups -OCH3 is 1. The number of rotatable bonds is 3. The Bertz CT molecular complexity index is 1230. The molecular formula is C30H38N2O3. The van der Waals surface area contributed by atoms with Gasteiger partial charge in [0.25, 0.3) is 0 Å². The van der Waals surface area contributed by atoms with Crippen molar-refractivity contribution in [3.05, 3.63) is 41.2 Å². The number of carbonyl (C=O) groups is 2.